The molecule has 9 rings (SSSR count). The van der Waals surface area contributed by atoms with Crippen molar-refractivity contribution in [1.82, 2.24) is 23.9 Å². The van der Waals surface area contributed by atoms with Crippen LogP contribution in [0.1, 0.15) is 37.5 Å². The quantitative estimate of drug-likeness (QED) is 0.214. The minimum absolute atomic E-state index is 0.0545. The number of nitrogens with zero attached hydrogens (tertiary/aromatic N) is 6. The summed E-state index contributed by atoms with van der Waals surface area (Å²) >= 11 is 0. The van der Waals surface area contributed by atoms with Crippen molar-refractivity contribution in [1.29, 1.82) is 0 Å². The topological polar surface area (TPSA) is 115 Å². The Morgan fingerprint density at radius 1 is 0.926 bits per heavy atom. The number of pyridine rings is 1. The van der Waals surface area contributed by atoms with Crippen LogP contribution in [0.25, 0.3) is 16.7 Å². The number of carbonyl (C=O) groups is 2. The number of anilines is 2. The Morgan fingerprint density at radius 2 is 1.69 bits per heavy atom. The van der Waals surface area contributed by atoms with E-state index in [0.717, 1.165) is 48.3 Å². The first kappa shape index (κ1) is 33.7. The van der Waals surface area contributed by atoms with Gasteiger partial charge in [0.2, 0.25) is 6.79 Å². The number of benzene rings is 3. The summed E-state index contributed by atoms with van der Waals surface area (Å²) in [6, 6.07) is 24.1. The number of fused-ring (bicyclic) bond motifs is 3. The number of aryl methyl sites for hydroxylation is 2. The van der Waals surface area contributed by atoms with Gasteiger partial charge in [0.25, 0.3) is 11.8 Å². The summed E-state index contributed by atoms with van der Waals surface area (Å²) in [4.78, 5) is 40.3. The Bertz CT molecular complexity index is 2390. The van der Waals surface area contributed by atoms with Crippen LogP contribution in [0.15, 0.2) is 97.5 Å². The Balaban J connectivity index is 1.11. The predicted octanol–water partition coefficient (Wildman–Crippen LogP) is 5.98. The summed E-state index contributed by atoms with van der Waals surface area (Å²) in [6.45, 7) is 6.19. The molecule has 6 aromatic rings. The molecule has 3 aliphatic rings. The fourth-order valence-electron chi connectivity index (χ4n) is 7.86. The second kappa shape index (κ2) is 13.7. The summed E-state index contributed by atoms with van der Waals surface area (Å²) in [6.07, 6.45) is 6.12. The molecule has 2 amide bonds. The molecule has 12 nitrogen and oxygen atoms in total. The van der Waals surface area contributed by atoms with Gasteiger partial charge in [-0.2, -0.15) is 0 Å². The minimum atomic E-state index is -0.300. The maximum absolute atomic E-state index is 15.0. The third-order valence-electron chi connectivity index (χ3n) is 10.7. The monoisotopic (exact) mass is 724 g/mol. The van der Waals surface area contributed by atoms with Gasteiger partial charge in [0, 0.05) is 74.5 Å². The van der Waals surface area contributed by atoms with Crippen molar-refractivity contribution in [3.05, 3.63) is 125 Å². The summed E-state index contributed by atoms with van der Waals surface area (Å²) in [7, 11) is 1.92. The number of aromatic hydroxyl groups is 1. The maximum atomic E-state index is 15.0. The largest absolute Gasteiger partial charge is 0.508 e. The van der Waals surface area contributed by atoms with E-state index in [4.69, 9.17) is 14.2 Å². The lowest BCUT2D eigenvalue weighted by Crippen LogP contribution is -2.52. The van der Waals surface area contributed by atoms with Crippen LogP contribution < -0.4 is 14.4 Å². The molecule has 0 spiro atoms. The van der Waals surface area contributed by atoms with E-state index in [2.05, 4.69) is 28.1 Å². The summed E-state index contributed by atoms with van der Waals surface area (Å²) < 4.78 is 21.1. The number of rotatable bonds is 7. The Kier molecular flexibility index (Phi) is 8.55. The Labute approximate surface area is 312 Å². The Hall–Kier alpha value is -6.11. The molecule has 12 heteroatoms. The molecule has 3 aromatic heterocycles. The predicted molar refractivity (Wildman–Crippen MR) is 203 cm³/mol. The number of morpholine rings is 1. The van der Waals surface area contributed by atoms with E-state index in [9.17, 15) is 14.7 Å². The molecule has 1 fully saturated rings. The zero-order chi connectivity index (χ0) is 36.9. The van der Waals surface area contributed by atoms with Crippen LogP contribution in [0.5, 0.6) is 17.2 Å². The molecule has 0 aliphatic carbocycles. The van der Waals surface area contributed by atoms with E-state index >= 15 is 0 Å². The van der Waals surface area contributed by atoms with Gasteiger partial charge in [-0.3, -0.25) is 19.4 Å². The third-order valence-corrected chi connectivity index (χ3v) is 10.7. The highest BCUT2D eigenvalue weighted by atomic mass is 16.7. The van der Waals surface area contributed by atoms with Crippen molar-refractivity contribution < 1.29 is 28.9 Å². The number of phenols is 1. The Morgan fingerprint density at radius 3 is 2.48 bits per heavy atom. The molecule has 0 saturated carbocycles. The van der Waals surface area contributed by atoms with Crippen LogP contribution in [0, 0.1) is 6.92 Å². The lowest BCUT2D eigenvalue weighted by Gasteiger charge is -2.40. The molecule has 1 N–H and O–H groups in total. The number of aromatic nitrogens is 3. The van der Waals surface area contributed by atoms with Crippen LogP contribution in [0.2, 0.25) is 0 Å². The second-order valence-corrected chi connectivity index (χ2v) is 14.1. The van der Waals surface area contributed by atoms with E-state index in [1.807, 2.05) is 64.5 Å². The van der Waals surface area contributed by atoms with Crippen molar-refractivity contribution in [2.24, 2.45) is 7.05 Å². The van der Waals surface area contributed by atoms with Crippen LogP contribution in [0.4, 0.5) is 11.4 Å². The van der Waals surface area contributed by atoms with Crippen molar-refractivity contribution in [2.75, 3.05) is 44.5 Å². The molecule has 3 aliphatic heterocycles. The fourth-order valence-corrected chi connectivity index (χ4v) is 7.86. The number of phenolic OH excluding ortho intramolecular Hbond substituents is 1. The van der Waals surface area contributed by atoms with Gasteiger partial charge in [0.05, 0.1) is 41.9 Å². The molecular weight excluding hydrogens is 684 g/mol. The van der Waals surface area contributed by atoms with Gasteiger partial charge in [-0.1, -0.05) is 24.3 Å². The lowest BCUT2D eigenvalue weighted by atomic mass is 9.92. The average Bonchev–Trinajstić information content (AvgIpc) is 3.93. The van der Waals surface area contributed by atoms with Crippen LogP contribution in [0.3, 0.4) is 0 Å². The fraction of sp³-hybridized carbons (Fsp3) is 0.262. The summed E-state index contributed by atoms with van der Waals surface area (Å²) in [5.74, 6) is 0.711. The molecule has 54 heavy (non-hydrogen) atoms. The third kappa shape index (κ3) is 6.12. The number of hydrogen-bond acceptors (Lipinski definition) is 8. The van der Waals surface area contributed by atoms with Gasteiger partial charge in [-0.15, -0.1) is 0 Å². The van der Waals surface area contributed by atoms with E-state index in [1.165, 1.54) is 5.56 Å². The van der Waals surface area contributed by atoms with Crippen LogP contribution >= 0.6 is 0 Å². The number of ether oxygens (including phenoxy) is 3. The first-order valence-electron chi connectivity index (χ1n) is 18.2. The molecule has 1 atom stereocenters. The zero-order valence-corrected chi connectivity index (χ0v) is 30.1. The molecule has 6 heterocycles. The second-order valence-electron chi connectivity index (χ2n) is 14.1. The van der Waals surface area contributed by atoms with Gasteiger partial charge in [-0.05, 0) is 73.0 Å². The highest BCUT2D eigenvalue weighted by molar-refractivity contribution is 6.11. The van der Waals surface area contributed by atoms with Crippen molar-refractivity contribution in [3.8, 4) is 22.9 Å². The standard InChI is InChI=1S/C42H40N6O6/c1-27-17-31(41(50)48(32-7-9-35(49)10-8-32)33-19-29-11-12-44(2)40(29)43-22-33)24-46(27)37-21-39-38(53-26-54-39)20-36(37)42(51)47-23-30-6-4-3-5-28(30)18-34(47)25-45-13-15-52-16-14-45/h3-12,17,19-22,24,34,49H,13-16,18,23,25-26H2,1-2H3/t34-/m0/s1. The molecular formula is C42H40N6O6. The lowest BCUT2D eigenvalue weighted by molar-refractivity contribution is 0.0192. The molecule has 3 aromatic carbocycles. The van der Waals surface area contributed by atoms with Gasteiger partial charge < -0.3 is 33.4 Å². The minimum Gasteiger partial charge on any atom is -0.508 e. The van der Waals surface area contributed by atoms with Gasteiger partial charge in [0.15, 0.2) is 11.5 Å². The molecule has 1 saturated heterocycles. The van der Waals surface area contributed by atoms with Gasteiger partial charge >= 0.3 is 0 Å². The molecule has 0 unspecified atom stereocenters. The van der Waals surface area contributed by atoms with Gasteiger partial charge in [-0.25, -0.2) is 4.98 Å². The number of carbonyl (C=O) groups excluding carboxylic acids is 2. The van der Waals surface area contributed by atoms with Crippen molar-refractivity contribution in [2.45, 2.75) is 25.9 Å². The highest BCUT2D eigenvalue weighted by Crippen LogP contribution is 2.39. The summed E-state index contributed by atoms with van der Waals surface area (Å²) in [5, 5.41) is 11.0. The number of amides is 2. The van der Waals surface area contributed by atoms with Crippen molar-refractivity contribution in [3.63, 3.8) is 0 Å². The molecule has 0 bridgehead atoms. The highest BCUT2D eigenvalue weighted by Gasteiger charge is 2.35. The first-order valence-corrected chi connectivity index (χ1v) is 18.2. The van der Waals surface area contributed by atoms with E-state index < -0.39 is 0 Å². The normalized spacial score (nSPS) is 16.8. The average molecular weight is 725 g/mol. The summed E-state index contributed by atoms with van der Waals surface area (Å²) in [5.41, 5.74) is 6.53. The molecule has 0 radical (unpaired) electrons. The molecule has 274 valence electrons. The maximum Gasteiger partial charge on any atom is 0.264 e. The van der Waals surface area contributed by atoms with Crippen LogP contribution in [-0.4, -0.2) is 86.5 Å². The smallest absolute Gasteiger partial charge is 0.264 e. The van der Waals surface area contributed by atoms with Crippen molar-refractivity contribution >= 4 is 34.2 Å². The van der Waals surface area contributed by atoms with E-state index in [-0.39, 0.29) is 30.4 Å². The van der Waals surface area contributed by atoms with Gasteiger partial charge in [0.1, 0.15) is 11.4 Å². The SMILES string of the molecule is Cc1cc(C(=O)N(c2ccc(O)cc2)c2cnc3c(ccn3C)c2)cn1-c1cc2c(cc1C(=O)N1Cc3ccccc3C[C@H]1CN1CCOCC1)OCO2. The van der Waals surface area contributed by atoms with E-state index in [0.29, 0.717) is 59.4 Å². The first-order chi connectivity index (χ1) is 26.3. The zero-order valence-electron chi connectivity index (χ0n) is 30.1. The van der Waals surface area contributed by atoms with E-state index in [1.54, 1.807) is 47.6 Å². The van der Waals surface area contributed by atoms with Crippen LogP contribution in [-0.2, 0) is 24.8 Å². The number of hydrogen-bond donors (Lipinski definition) is 1.